The van der Waals surface area contributed by atoms with Crippen LogP contribution in [0.5, 0.6) is 0 Å². The van der Waals surface area contributed by atoms with Gasteiger partial charge < -0.3 is 0 Å². The van der Waals surface area contributed by atoms with Gasteiger partial charge in [0, 0.05) is 6.42 Å². The summed E-state index contributed by atoms with van der Waals surface area (Å²) < 4.78 is 23.9. The third-order valence-electron chi connectivity index (χ3n) is 3.20. The lowest BCUT2D eigenvalue weighted by Gasteiger charge is -2.04. The fourth-order valence-corrected chi connectivity index (χ4v) is 2.20. The first kappa shape index (κ1) is 13.0. The minimum atomic E-state index is -2.15. The SMILES string of the molecule is FC(F)CCCCCc1ccc2ccccc2c1. The third-order valence-corrected chi connectivity index (χ3v) is 3.20. The van der Waals surface area contributed by atoms with Gasteiger partial charge >= 0.3 is 0 Å². The summed E-state index contributed by atoms with van der Waals surface area (Å²) in [5.41, 5.74) is 1.30. The molecule has 0 saturated heterocycles. The van der Waals surface area contributed by atoms with Gasteiger partial charge in [-0.1, -0.05) is 48.9 Å². The van der Waals surface area contributed by atoms with E-state index in [-0.39, 0.29) is 6.42 Å². The Hall–Kier alpha value is -1.44. The predicted octanol–water partition coefficient (Wildman–Crippen LogP) is 5.21. The molecule has 0 nitrogen and oxygen atoms in total. The lowest BCUT2D eigenvalue weighted by molar-refractivity contribution is 0.134. The molecule has 0 amide bonds. The second kappa shape index (κ2) is 6.48. The molecule has 0 atom stereocenters. The number of fused-ring (bicyclic) bond motifs is 1. The standard InChI is InChI=1S/C16H18F2/c17-16(18)9-3-1-2-6-13-10-11-14-7-4-5-8-15(14)12-13/h4-5,7-8,10-12,16H,1-3,6,9H2. The highest BCUT2D eigenvalue weighted by Gasteiger charge is 2.01. The van der Waals surface area contributed by atoms with Crippen molar-refractivity contribution in [1.82, 2.24) is 0 Å². The van der Waals surface area contributed by atoms with Crippen LogP contribution in [-0.2, 0) is 6.42 Å². The monoisotopic (exact) mass is 248 g/mol. The van der Waals surface area contributed by atoms with Crippen LogP contribution in [0.15, 0.2) is 42.5 Å². The van der Waals surface area contributed by atoms with Gasteiger partial charge in [-0.3, -0.25) is 0 Å². The van der Waals surface area contributed by atoms with E-state index in [9.17, 15) is 8.78 Å². The van der Waals surface area contributed by atoms with Gasteiger partial charge in [-0.2, -0.15) is 0 Å². The molecule has 0 saturated carbocycles. The van der Waals surface area contributed by atoms with Gasteiger partial charge in [0.25, 0.3) is 0 Å². The van der Waals surface area contributed by atoms with E-state index in [2.05, 4.69) is 30.3 Å². The Labute approximate surface area is 107 Å². The highest BCUT2D eigenvalue weighted by atomic mass is 19.3. The molecule has 0 aliphatic carbocycles. The summed E-state index contributed by atoms with van der Waals surface area (Å²) >= 11 is 0. The third kappa shape index (κ3) is 3.80. The van der Waals surface area contributed by atoms with E-state index in [1.165, 1.54) is 16.3 Å². The Balaban J connectivity index is 1.84. The van der Waals surface area contributed by atoms with Crippen molar-refractivity contribution in [3.05, 3.63) is 48.0 Å². The fraction of sp³-hybridized carbons (Fsp3) is 0.375. The summed E-state index contributed by atoms with van der Waals surface area (Å²) in [5.74, 6) is 0. The van der Waals surface area contributed by atoms with E-state index in [1.54, 1.807) is 0 Å². The number of rotatable bonds is 6. The zero-order chi connectivity index (χ0) is 12.8. The number of hydrogen-bond acceptors (Lipinski definition) is 0. The highest BCUT2D eigenvalue weighted by Crippen LogP contribution is 2.17. The van der Waals surface area contributed by atoms with Crippen LogP contribution in [0.3, 0.4) is 0 Å². The highest BCUT2D eigenvalue weighted by molar-refractivity contribution is 5.82. The van der Waals surface area contributed by atoms with E-state index >= 15 is 0 Å². The van der Waals surface area contributed by atoms with E-state index in [4.69, 9.17) is 0 Å². The van der Waals surface area contributed by atoms with Gasteiger partial charge in [0.15, 0.2) is 0 Å². The fourth-order valence-electron chi connectivity index (χ4n) is 2.20. The molecule has 2 aromatic rings. The second-order valence-electron chi connectivity index (χ2n) is 4.67. The van der Waals surface area contributed by atoms with E-state index in [0.29, 0.717) is 6.42 Å². The molecule has 96 valence electrons. The Morgan fingerprint density at radius 2 is 1.61 bits per heavy atom. The van der Waals surface area contributed by atoms with Crippen LogP contribution in [0.25, 0.3) is 10.8 Å². The van der Waals surface area contributed by atoms with Gasteiger partial charge in [-0.05, 0) is 35.6 Å². The van der Waals surface area contributed by atoms with Crippen LogP contribution in [0.1, 0.15) is 31.2 Å². The van der Waals surface area contributed by atoms with E-state index in [0.717, 1.165) is 19.3 Å². The number of unbranched alkanes of at least 4 members (excludes halogenated alkanes) is 2. The van der Waals surface area contributed by atoms with Gasteiger partial charge in [-0.25, -0.2) is 8.78 Å². The van der Waals surface area contributed by atoms with Gasteiger partial charge in [0.05, 0.1) is 0 Å². The van der Waals surface area contributed by atoms with Crippen molar-refractivity contribution in [2.75, 3.05) is 0 Å². The normalized spacial score (nSPS) is 11.3. The average Bonchev–Trinajstić information content (AvgIpc) is 2.38. The molecule has 0 spiro atoms. The smallest absolute Gasteiger partial charge is 0.211 e. The zero-order valence-corrected chi connectivity index (χ0v) is 10.4. The number of benzene rings is 2. The van der Waals surface area contributed by atoms with Crippen LogP contribution < -0.4 is 0 Å². The summed E-state index contributed by atoms with van der Waals surface area (Å²) in [7, 11) is 0. The quantitative estimate of drug-likeness (QED) is 0.616. The zero-order valence-electron chi connectivity index (χ0n) is 10.4. The Morgan fingerprint density at radius 3 is 2.39 bits per heavy atom. The molecule has 0 fully saturated rings. The molecule has 2 heteroatoms. The van der Waals surface area contributed by atoms with Crippen LogP contribution >= 0.6 is 0 Å². The minimum absolute atomic E-state index is 0.0394. The molecule has 0 heterocycles. The first-order valence-corrected chi connectivity index (χ1v) is 6.51. The Morgan fingerprint density at radius 1 is 0.833 bits per heavy atom. The lowest BCUT2D eigenvalue weighted by Crippen LogP contribution is -1.91. The molecular weight excluding hydrogens is 230 g/mol. The maximum atomic E-state index is 12.0. The summed E-state index contributed by atoms with van der Waals surface area (Å²) in [6, 6.07) is 14.7. The number of aryl methyl sites for hydroxylation is 1. The molecule has 0 bridgehead atoms. The van der Waals surface area contributed by atoms with Crippen molar-refractivity contribution in [3.63, 3.8) is 0 Å². The summed E-state index contributed by atoms with van der Waals surface area (Å²) in [5, 5.41) is 2.50. The largest absolute Gasteiger partial charge is 0.238 e. The number of halogens is 2. The molecule has 0 aliphatic rings. The molecule has 0 radical (unpaired) electrons. The van der Waals surface area contributed by atoms with Crippen molar-refractivity contribution in [2.45, 2.75) is 38.5 Å². The van der Waals surface area contributed by atoms with Gasteiger partial charge in [0.1, 0.15) is 0 Å². The van der Waals surface area contributed by atoms with Crippen molar-refractivity contribution >= 4 is 10.8 Å². The first-order valence-electron chi connectivity index (χ1n) is 6.51. The number of alkyl halides is 2. The molecule has 18 heavy (non-hydrogen) atoms. The molecular formula is C16H18F2. The Kier molecular flexibility index (Phi) is 4.68. The average molecular weight is 248 g/mol. The topological polar surface area (TPSA) is 0 Å². The number of hydrogen-bond donors (Lipinski definition) is 0. The van der Waals surface area contributed by atoms with Crippen LogP contribution in [-0.4, -0.2) is 6.43 Å². The van der Waals surface area contributed by atoms with Crippen LogP contribution in [0, 0.1) is 0 Å². The van der Waals surface area contributed by atoms with E-state index in [1.807, 2.05) is 12.1 Å². The van der Waals surface area contributed by atoms with E-state index < -0.39 is 6.43 Å². The van der Waals surface area contributed by atoms with Crippen molar-refractivity contribution < 1.29 is 8.78 Å². The van der Waals surface area contributed by atoms with Crippen molar-refractivity contribution in [2.24, 2.45) is 0 Å². The lowest BCUT2D eigenvalue weighted by atomic mass is 10.0. The van der Waals surface area contributed by atoms with Crippen LogP contribution in [0.4, 0.5) is 8.78 Å². The van der Waals surface area contributed by atoms with Gasteiger partial charge in [-0.15, -0.1) is 0 Å². The molecule has 0 aromatic heterocycles. The van der Waals surface area contributed by atoms with Crippen LogP contribution in [0.2, 0.25) is 0 Å². The predicted molar refractivity (Wildman–Crippen MR) is 72.1 cm³/mol. The summed E-state index contributed by atoms with van der Waals surface area (Å²) in [6.07, 6.45) is 1.38. The maximum Gasteiger partial charge on any atom is 0.238 e. The molecule has 0 aliphatic heterocycles. The minimum Gasteiger partial charge on any atom is -0.211 e. The second-order valence-corrected chi connectivity index (χ2v) is 4.67. The maximum absolute atomic E-state index is 12.0. The summed E-state index contributed by atoms with van der Waals surface area (Å²) in [6.45, 7) is 0. The molecule has 2 aromatic carbocycles. The van der Waals surface area contributed by atoms with Crippen molar-refractivity contribution in [1.29, 1.82) is 0 Å². The summed E-state index contributed by atoms with van der Waals surface area (Å²) in [4.78, 5) is 0. The molecule has 0 unspecified atom stereocenters. The van der Waals surface area contributed by atoms with Gasteiger partial charge in [0.2, 0.25) is 6.43 Å². The first-order chi connectivity index (χ1) is 8.75. The molecule has 0 N–H and O–H groups in total. The molecule has 2 rings (SSSR count). The Bertz CT molecular complexity index is 491. The van der Waals surface area contributed by atoms with Crippen molar-refractivity contribution in [3.8, 4) is 0 Å².